The maximum atomic E-state index is 5.64. The van der Waals surface area contributed by atoms with E-state index in [9.17, 15) is 0 Å². The van der Waals surface area contributed by atoms with Crippen LogP contribution in [0.4, 0.5) is 0 Å². The maximum Gasteiger partial charge on any atom is 0.157 e. The fourth-order valence-electron chi connectivity index (χ4n) is 3.10. The van der Waals surface area contributed by atoms with Gasteiger partial charge in [-0.1, -0.05) is 24.3 Å². The van der Waals surface area contributed by atoms with Gasteiger partial charge < -0.3 is 14.0 Å². The summed E-state index contributed by atoms with van der Waals surface area (Å²) >= 11 is 0. The van der Waals surface area contributed by atoms with Crippen LogP contribution in [0, 0.1) is 0 Å². The Morgan fingerprint density at radius 3 is 2.69 bits per heavy atom. The Morgan fingerprint density at radius 1 is 1.19 bits per heavy atom. The zero-order valence-corrected chi connectivity index (χ0v) is 16.1. The number of fused-ring (bicyclic) bond motifs is 1. The number of rotatable bonds is 14. The van der Waals surface area contributed by atoms with E-state index in [1.165, 1.54) is 16.5 Å². The monoisotopic (exact) mass is 360 g/mol. The summed E-state index contributed by atoms with van der Waals surface area (Å²) < 4.78 is 13.6. The van der Waals surface area contributed by atoms with Crippen molar-refractivity contribution in [2.75, 3.05) is 26.4 Å². The normalized spacial score (nSPS) is 11.5. The standard InChI is InChI=1S/C21H32N2O3/c1-4-16-26-22-14-13-18-17-23(20-11-8-7-10-19(18)20)15-9-12-21(24-5-2)25-6-3/h4,7-8,10-11,17,21-22H,1,5-6,9,12-16H2,2-3H3. The van der Waals surface area contributed by atoms with Crippen LogP contribution in [0.25, 0.3) is 10.9 Å². The Balaban J connectivity index is 1.95. The second-order valence-electron chi connectivity index (χ2n) is 6.09. The van der Waals surface area contributed by atoms with Crippen molar-refractivity contribution in [3.05, 3.63) is 48.7 Å². The number of para-hydroxylation sites is 1. The third-order valence-electron chi connectivity index (χ3n) is 4.21. The molecule has 0 atom stereocenters. The molecule has 1 heterocycles. The molecule has 1 aromatic carbocycles. The number of hydroxylamine groups is 1. The van der Waals surface area contributed by atoms with Crippen LogP contribution in [0.5, 0.6) is 0 Å². The molecule has 0 unspecified atom stereocenters. The van der Waals surface area contributed by atoms with Crippen molar-refractivity contribution in [2.45, 2.75) is 45.9 Å². The molecular formula is C21H32N2O3. The highest BCUT2D eigenvalue weighted by molar-refractivity contribution is 5.84. The molecule has 0 aliphatic heterocycles. The molecule has 0 saturated carbocycles. The first-order chi connectivity index (χ1) is 12.8. The fraction of sp³-hybridized carbons (Fsp3) is 0.524. The predicted molar refractivity (Wildman–Crippen MR) is 106 cm³/mol. The van der Waals surface area contributed by atoms with Crippen molar-refractivity contribution in [1.29, 1.82) is 0 Å². The summed E-state index contributed by atoms with van der Waals surface area (Å²) in [5.41, 5.74) is 5.59. The molecule has 0 bridgehead atoms. The van der Waals surface area contributed by atoms with Gasteiger partial charge in [0.25, 0.3) is 0 Å². The van der Waals surface area contributed by atoms with E-state index in [2.05, 4.69) is 47.1 Å². The third kappa shape index (κ3) is 6.25. The van der Waals surface area contributed by atoms with Gasteiger partial charge in [-0.15, -0.1) is 6.58 Å². The van der Waals surface area contributed by atoms with Gasteiger partial charge in [0, 0.05) is 49.8 Å². The minimum atomic E-state index is -0.0995. The Morgan fingerprint density at radius 2 is 1.96 bits per heavy atom. The van der Waals surface area contributed by atoms with E-state index in [1.54, 1.807) is 6.08 Å². The molecule has 5 heteroatoms. The highest BCUT2D eigenvalue weighted by Gasteiger charge is 2.10. The average Bonchev–Trinajstić information content (AvgIpc) is 3.00. The van der Waals surface area contributed by atoms with Gasteiger partial charge in [-0.3, -0.25) is 4.84 Å². The lowest BCUT2D eigenvalue weighted by Gasteiger charge is -2.17. The average molecular weight is 360 g/mol. The Bertz CT molecular complexity index is 648. The number of benzene rings is 1. The molecule has 0 aliphatic carbocycles. The van der Waals surface area contributed by atoms with Crippen LogP contribution in [0.15, 0.2) is 43.1 Å². The summed E-state index contributed by atoms with van der Waals surface area (Å²) in [5, 5.41) is 1.31. The number of hydrogen-bond acceptors (Lipinski definition) is 4. The molecule has 0 saturated heterocycles. The predicted octanol–water partition coefficient (Wildman–Crippen LogP) is 4.07. The molecule has 26 heavy (non-hydrogen) atoms. The molecule has 144 valence electrons. The zero-order chi connectivity index (χ0) is 18.6. The van der Waals surface area contributed by atoms with E-state index < -0.39 is 0 Å². The minimum Gasteiger partial charge on any atom is -0.353 e. The number of nitrogens with zero attached hydrogens (tertiary/aromatic N) is 1. The van der Waals surface area contributed by atoms with Crippen molar-refractivity contribution in [3.8, 4) is 0 Å². The highest BCUT2D eigenvalue weighted by atomic mass is 16.7. The van der Waals surface area contributed by atoms with Crippen molar-refractivity contribution >= 4 is 10.9 Å². The summed E-state index contributed by atoms with van der Waals surface area (Å²) in [7, 11) is 0. The Labute approximate surface area is 156 Å². The van der Waals surface area contributed by atoms with E-state index in [-0.39, 0.29) is 6.29 Å². The van der Waals surface area contributed by atoms with Gasteiger partial charge in [0.15, 0.2) is 6.29 Å². The smallest absolute Gasteiger partial charge is 0.157 e. The molecule has 2 rings (SSSR count). The molecule has 0 fully saturated rings. The molecule has 1 aromatic heterocycles. The topological polar surface area (TPSA) is 44.7 Å². The van der Waals surface area contributed by atoms with E-state index in [1.807, 2.05) is 13.8 Å². The first-order valence-corrected chi connectivity index (χ1v) is 9.55. The zero-order valence-electron chi connectivity index (χ0n) is 16.1. The summed E-state index contributed by atoms with van der Waals surface area (Å²) in [6, 6.07) is 8.56. The van der Waals surface area contributed by atoms with Gasteiger partial charge in [-0.2, -0.15) is 0 Å². The van der Waals surface area contributed by atoms with Crippen LogP contribution < -0.4 is 5.48 Å². The lowest BCUT2D eigenvalue weighted by atomic mass is 10.1. The first kappa shape index (κ1) is 20.6. The second kappa shape index (κ2) is 11.9. The van der Waals surface area contributed by atoms with Gasteiger partial charge in [0.05, 0.1) is 6.61 Å². The SMILES string of the molecule is C=CCONCCc1cn(CCCC(OCC)OCC)c2ccccc12. The van der Waals surface area contributed by atoms with E-state index in [0.29, 0.717) is 19.8 Å². The van der Waals surface area contributed by atoms with Crippen LogP contribution >= 0.6 is 0 Å². The van der Waals surface area contributed by atoms with E-state index >= 15 is 0 Å². The molecule has 0 aliphatic rings. The number of hydrogen-bond donors (Lipinski definition) is 1. The summed E-state index contributed by atoms with van der Waals surface area (Å²) in [4.78, 5) is 5.26. The second-order valence-corrected chi connectivity index (χ2v) is 6.09. The molecule has 0 spiro atoms. The Kier molecular flexibility index (Phi) is 9.42. The van der Waals surface area contributed by atoms with Gasteiger partial charge in [-0.25, -0.2) is 5.48 Å². The van der Waals surface area contributed by atoms with Gasteiger partial charge in [-0.05, 0) is 38.3 Å². The van der Waals surface area contributed by atoms with Crippen LogP contribution in [-0.2, 0) is 27.3 Å². The molecule has 1 N–H and O–H groups in total. The number of nitrogens with one attached hydrogen (secondary N) is 1. The van der Waals surface area contributed by atoms with Crippen molar-refractivity contribution in [2.24, 2.45) is 0 Å². The quantitative estimate of drug-likeness (QED) is 0.239. The lowest BCUT2D eigenvalue weighted by molar-refractivity contribution is -0.140. The van der Waals surface area contributed by atoms with E-state index in [4.69, 9.17) is 14.3 Å². The fourth-order valence-corrected chi connectivity index (χ4v) is 3.10. The van der Waals surface area contributed by atoms with Crippen LogP contribution in [0.3, 0.4) is 0 Å². The van der Waals surface area contributed by atoms with Crippen molar-refractivity contribution in [1.82, 2.24) is 10.0 Å². The van der Waals surface area contributed by atoms with Crippen LogP contribution in [0.2, 0.25) is 0 Å². The lowest BCUT2D eigenvalue weighted by Crippen LogP contribution is -2.18. The number of aryl methyl sites for hydroxylation is 1. The minimum absolute atomic E-state index is 0.0995. The molecule has 5 nitrogen and oxygen atoms in total. The van der Waals surface area contributed by atoms with E-state index in [0.717, 1.165) is 32.4 Å². The van der Waals surface area contributed by atoms with Crippen molar-refractivity contribution < 1.29 is 14.3 Å². The number of ether oxygens (including phenoxy) is 2. The van der Waals surface area contributed by atoms with Gasteiger partial charge in [0.1, 0.15) is 0 Å². The van der Waals surface area contributed by atoms with Crippen LogP contribution in [-0.4, -0.2) is 37.2 Å². The van der Waals surface area contributed by atoms with Gasteiger partial charge in [0.2, 0.25) is 0 Å². The Hall–Kier alpha value is -1.66. The first-order valence-electron chi connectivity index (χ1n) is 9.55. The largest absolute Gasteiger partial charge is 0.353 e. The van der Waals surface area contributed by atoms with Crippen LogP contribution in [0.1, 0.15) is 32.3 Å². The summed E-state index contributed by atoms with van der Waals surface area (Å²) in [6.45, 7) is 11.3. The molecular weight excluding hydrogens is 328 g/mol. The summed E-state index contributed by atoms with van der Waals surface area (Å²) in [6.07, 6.45) is 6.74. The molecule has 2 aromatic rings. The number of aromatic nitrogens is 1. The van der Waals surface area contributed by atoms with Crippen molar-refractivity contribution in [3.63, 3.8) is 0 Å². The van der Waals surface area contributed by atoms with Gasteiger partial charge >= 0.3 is 0 Å². The maximum absolute atomic E-state index is 5.64. The third-order valence-corrected chi connectivity index (χ3v) is 4.21. The highest BCUT2D eigenvalue weighted by Crippen LogP contribution is 2.22. The molecule has 0 amide bonds. The summed E-state index contributed by atoms with van der Waals surface area (Å²) in [5.74, 6) is 0. The molecule has 0 radical (unpaired) electrons.